The van der Waals surface area contributed by atoms with Gasteiger partial charge in [0.05, 0.1) is 23.4 Å². The number of rotatable bonds is 6. The minimum atomic E-state index is -0.913. The number of benzene rings is 2. The smallest absolute Gasteiger partial charge is 0.308 e. The van der Waals surface area contributed by atoms with Crippen LogP contribution in [0, 0.1) is 5.92 Å². The van der Waals surface area contributed by atoms with E-state index in [1.54, 1.807) is 6.20 Å². The molecule has 1 aliphatic heterocycles. The molecule has 2 heterocycles. The van der Waals surface area contributed by atoms with Crippen LogP contribution in [0.15, 0.2) is 48.7 Å². The van der Waals surface area contributed by atoms with E-state index in [-0.39, 0.29) is 12.5 Å². The third kappa shape index (κ3) is 3.43. The number of carbonyl (C=O) groups excluding carboxylic acids is 1. The normalized spacial score (nSPS) is 14.1. The van der Waals surface area contributed by atoms with Crippen molar-refractivity contribution < 1.29 is 14.7 Å². The summed E-state index contributed by atoms with van der Waals surface area (Å²) in [5, 5.41) is 18.8. The largest absolute Gasteiger partial charge is 0.481 e. The van der Waals surface area contributed by atoms with Gasteiger partial charge in [0.25, 0.3) is 5.91 Å². The van der Waals surface area contributed by atoms with Crippen LogP contribution in [0.3, 0.4) is 0 Å². The van der Waals surface area contributed by atoms with Crippen LogP contribution in [0.1, 0.15) is 28.0 Å². The molecule has 1 aliphatic rings. The molecule has 0 radical (unpaired) electrons. The van der Waals surface area contributed by atoms with Crippen molar-refractivity contribution in [1.29, 1.82) is 0 Å². The Morgan fingerprint density at radius 2 is 2.00 bits per heavy atom. The third-order valence-corrected chi connectivity index (χ3v) is 5.18. The van der Waals surface area contributed by atoms with Gasteiger partial charge in [-0.15, -0.1) is 0 Å². The third-order valence-electron chi connectivity index (χ3n) is 5.18. The summed E-state index contributed by atoms with van der Waals surface area (Å²) in [5.41, 5.74) is 2.47. The van der Waals surface area contributed by atoms with E-state index >= 15 is 0 Å². The summed E-state index contributed by atoms with van der Waals surface area (Å²) in [4.78, 5) is 24.3. The molecule has 0 saturated heterocycles. The second-order valence-electron chi connectivity index (χ2n) is 6.92. The molecule has 0 bridgehead atoms. The van der Waals surface area contributed by atoms with Gasteiger partial charge < -0.3 is 10.4 Å². The molecule has 6 heteroatoms. The van der Waals surface area contributed by atoms with Gasteiger partial charge in [-0.2, -0.15) is 5.10 Å². The van der Waals surface area contributed by atoms with Crippen LogP contribution in [-0.4, -0.2) is 33.3 Å². The maximum atomic E-state index is 12.5. The SMILES string of the molecule is O=C(NCC(Cc1cccc2ccccc12)C(=O)O)c1cnn2c1CCC2. The Morgan fingerprint density at radius 3 is 2.85 bits per heavy atom. The minimum Gasteiger partial charge on any atom is -0.481 e. The van der Waals surface area contributed by atoms with E-state index in [0.717, 1.165) is 41.4 Å². The van der Waals surface area contributed by atoms with Crippen molar-refractivity contribution in [3.63, 3.8) is 0 Å². The zero-order valence-electron chi connectivity index (χ0n) is 14.9. The van der Waals surface area contributed by atoms with Crippen LogP contribution in [-0.2, 0) is 24.2 Å². The molecule has 1 atom stereocenters. The first-order valence-corrected chi connectivity index (χ1v) is 9.16. The summed E-state index contributed by atoms with van der Waals surface area (Å²) in [7, 11) is 0. The number of hydrogen-bond acceptors (Lipinski definition) is 3. The Balaban J connectivity index is 1.48. The van der Waals surface area contributed by atoms with Gasteiger partial charge in [0.1, 0.15) is 0 Å². The lowest BCUT2D eigenvalue weighted by Crippen LogP contribution is -2.34. The Kier molecular flexibility index (Phi) is 4.62. The number of hydrogen-bond donors (Lipinski definition) is 2. The number of aliphatic carboxylic acids is 1. The molecule has 6 nitrogen and oxygen atoms in total. The second-order valence-corrected chi connectivity index (χ2v) is 6.92. The molecular weight excluding hydrogens is 342 g/mol. The lowest BCUT2D eigenvalue weighted by atomic mass is 9.94. The standard InChI is InChI=1S/C21H21N3O3/c25-20(18-13-23-24-10-4-9-19(18)24)22-12-16(21(26)27)11-15-7-3-6-14-5-1-2-8-17(14)15/h1-3,5-8,13,16H,4,9-12H2,(H,22,25)(H,26,27). The quantitative estimate of drug-likeness (QED) is 0.705. The first kappa shape index (κ1) is 17.3. The molecule has 1 unspecified atom stereocenters. The molecular formula is C21H21N3O3. The highest BCUT2D eigenvalue weighted by Crippen LogP contribution is 2.22. The molecule has 0 spiro atoms. The number of amides is 1. The number of carboxylic acids is 1. The predicted octanol–water partition coefficient (Wildman–Crippen LogP) is 2.66. The second kappa shape index (κ2) is 7.23. The fourth-order valence-electron chi connectivity index (χ4n) is 3.75. The summed E-state index contributed by atoms with van der Waals surface area (Å²) < 4.78 is 1.85. The van der Waals surface area contributed by atoms with Crippen LogP contribution >= 0.6 is 0 Å². The lowest BCUT2D eigenvalue weighted by molar-refractivity contribution is -0.141. The highest BCUT2D eigenvalue weighted by atomic mass is 16.4. The van der Waals surface area contributed by atoms with Crippen molar-refractivity contribution in [2.45, 2.75) is 25.8 Å². The van der Waals surface area contributed by atoms with Gasteiger partial charge in [-0.1, -0.05) is 42.5 Å². The summed E-state index contributed by atoms with van der Waals surface area (Å²) in [6.45, 7) is 0.920. The summed E-state index contributed by atoms with van der Waals surface area (Å²) in [6.07, 6.45) is 3.76. The highest BCUT2D eigenvalue weighted by Gasteiger charge is 2.24. The van der Waals surface area contributed by atoms with Crippen molar-refractivity contribution >= 4 is 22.6 Å². The van der Waals surface area contributed by atoms with Gasteiger partial charge in [-0.3, -0.25) is 14.3 Å². The Labute approximate surface area is 156 Å². The summed E-state index contributed by atoms with van der Waals surface area (Å²) in [5.74, 6) is -1.85. The number of fused-ring (bicyclic) bond motifs is 2. The van der Waals surface area contributed by atoms with E-state index in [1.165, 1.54) is 0 Å². The number of carboxylic acid groups (broad SMARTS) is 1. The summed E-state index contributed by atoms with van der Waals surface area (Å²) >= 11 is 0. The van der Waals surface area contributed by atoms with Crippen LogP contribution in [0.4, 0.5) is 0 Å². The van der Waals surface area contributed by atoms with Gasteiger partial charge >= 0.3 is 5.97 Å². The number of carbonyl (C=O) groups is 2. The first-order chi connectivity index (χ1) is 13.1. The molecule has 3 aromatic rings. The number of aryl methyl sites for hydroxylation is 1. The van der Waals surface area contributed by atoms with Gasteiger partial charge in [0, 0.05) is 13.1 Å². The molecule has 0 aliphatic carbocycles. The maximum absolute atomic E-state index is 12.5. The van der Waals surface area contributed by atoms with Crippen LogP contribution < -0.4 is 5.32 Å². The predicted molar refractivity (Wildman–Crippen MR) is 102 cm³/mol. The Bertz CT molecular complexity index is 1000. The van der Waals surface area contributed by atoms with E-state index in [4.69, 9.17) is 0 Å². The Hall–Kier alpha value is -3.15. The minimum absolute atomic E-state index is 0.0853. The molecule has 2 aromatic carbocycles. The van der Waals surface area contributed by atoms with E-state index in [0.29, 0.717) is 12.0 Å². The topological polar surface area (TPSA) is 84.2 Å². The Morgan fingerprint density at radius 1 is 1.19 bits per heavy atom. The fourth-order valence-corrected chi connectivity index (χ4v) is 3.75. The van der Waals surface area contributed by atoms with Gasteiger partial charge in [0.2, 0.25) is 0 Å². The van der Waals surface area contributed by atoms with Gasteiger partial charge in [-0.25, -0.2) is 0 Å². The fraction of sp³-hybridized carbons (Fsp3) is 0.286. The zero-order chi connectivity index (χ0) is 18.8. The van der Waals surface area contributed by atoms with Crippen molar-refractivity contribution in [1.82, 2.24) is 15.1 Å². The molecule has 1 amide bonds. The number of nitrogens with one attached hydrogen (secondary N) is 1. The van der Waals surface area contributed by atoms with Crippen LogP contribution in [0.2, 0.25) is 0 Å². The molecule has 0 fully saturated rings. The van der Waals surface area contributed by atoms with Crippen LogP contribution in [0.5, 0.6) is 0 Å². The van der Waals surface area contributed by atoms with E-state index in [9.17, 15) is 14.7 Å². The van der Waals surface area contributed by atoms with Crippen LogP contribution in [0.25, 0.3) is 10.8 Å². The molecule has 4 rings (SSSR count). The molecule has 0 saturated carbocycles. The molecule has 138 valence electrons. The van der Waals surface area contributed by atoms with Crippen molar-refractivity contribution in [3.05, 3.63) is 65.5 Å². The van der Waals surface area contributed by atoms with Crippen molar-refractivity contribution in [2.24, 2.45) is 5.92 Å². The monoisotopic (exact) mass is 363 g/mol. The van der Waals surface area contributed by atoms with E-state index in [2.05, 4.69) is 10.4 Å². The van der Waals surface area contributed by atoms with Crippen molar-refractivity contribution in [3.8, 4) is 0 Å². The molecule has 27 heavy (non-hydrogen) atoms. The molecule has 1 aromatic heterocycles. The number of aromatic nitrogens is 2. The van der Waals surface area contributed by atoms with Gasteiger partial charge in [0.15, 0.2) is 0 Å². The lowest BCUT2D eigenvalue weighted by Gasteiger charge is -2.15. The van der Waals surface area contributed by atoms with Crippen molar-refractivity contribution in [2.75, 3.05) is 6.54 Å². The van der Waals surface area contributed by atoms with Gasteiger partial charge in [-0.05, 0) is 35.6 Å². The van der Waals surface area contributed by atoms with E-state index in [1.807, 2.05) is 47.1 Å². The summed E-state index contributed by atoms with van der Waals surface area (Å²) in [6, 6.07) is 13.8. The maximum Gasteiger partial charge on any atom is 0.308 e. The zero-order valence-corrected chi connectivity index (χ0v) is 14.9. The van der Waals surface area contributed by atoms with E-state index < -0.39 is 11.9 Å². The molecule has 2 N–H and O–H groups in total. The average Bonchev–Trinajstić information content (AvgIpc) is 3.28. The first-order valence-electron chi connectivity index (χ1n) is 9.16. The number of nitrogens with zero attached hydrogens (tertiary/aromatic N) is 2. The average molecular weight is 363 g/mol. The highest BCUT2D eigenvalue weighted by molar-refractivity contribution is 5.95.